The first-order valence-corrected chi connectivity index (χ1v) is 13.7. The number of carbonyl (C=O) groups is 2. The predicted molar refractivity (Wildman–Crippen MR) is 133 cm³/mol. The minimum absolute atomic E-state index is 0.0296. The van der Waals surface area contributed by atoms with Gasteiger partial charge in [-0.1, -0.05) is 47.1 Å². The number of hydrogen-bond acceptors (Lipinski definition) is 3. The van der Waals surface area contributed by atoms with E-state index in [2.05, 4.69) is 41.5 Å². The molecule has 0 unspecified atom stereocenters. The fourth-order valence-corrected chi connectivity index (χ4v) is 10.4. The van der Waals surface area contributed by atoms with E-state index in [1.54, 1.807) is 0 Å². The molecule has 0 aromatic carbocycles. The summed E-state index contributed by atoms with van der Waals surface area (Å²) in [7, 11) is 0. The van der Waals surface area contributed by atoms with Crippen LogP contribution in [0.3, 0.4) is 0 Å². The lowest BCUT2D eigenvalue weighted by Crippen LogP contribution is -2.66. The molecule has 0 radical (unpaired) electrons. The van der Waals surface area contributed by atoms with Gasteiger partial charge < -0.3 is 10.2 Å². The Labute approximate surface area is 206 Å². The van der Waals surface area contributed by atoms with Crippen molar-refractivity contribution in [2.75, 3.05) is 0 Å². The number of carboxylic acids is 1. The minimum Gasteiger partial charge on any atom is -0.481 e. The fourth-order valence-electron chi connectivity index (χ4n) is 10.4. The third kappa shape index (κ3) is 2.81. The number of hydrogen-bond donors (Lipinski definition) is 2. The molecule has 190 valence electrons. The number of carboxylic acid groups (broad SMARTS) is 1. The van der Waals surface area contributed by atoms with E-state index in [-0.39, 0.29) is 50.8 Å². The van der Waals surface area contributed by atoms with Gasteiger partial charge in [0.05, 0.1) is 11.5 Å². The summed E-state index contributed by atoms with van der Waals surface area (Å²) in [5.74, 6) is 0.0603. The normalized spacial score (nSPS) is 54.1. The van der Waals surface area contributed by atoms with Crippen molar-refractivity contribution in [3.8, 4) is 0 Å². The number of allylic oxidation sites excluding steroid dienone is 2. The number of aliphatic hydroxyl groups excluding tert-OH is 1. The Bertz CT molecular complexity index is 965. The molecular formula is C30H46O4. The van der Waals surface area contributed by atoms with Crippen molar-refractivity contribution in [1.29, 1.82) is 0 Å². The highest BCUT2D eigenvalue weighted by Gasteiger charge is 2.70. The molecule has 9 atom stereocenters. The lowest BCUT2D eigenvalue weighted by atomic mass is 9.33. The molecule has 4 heteroatoms. The van der Waals surface area contributed by atoms with Crippen LogP contribution in [0.5, 0.6) is 0 Å². The third-order valence-electron chi connectivity index (χ3n) is 13.1. The standard InChI is InChI=1S/C30H46O4/c1-25(2)21-8-11-30(7)23(28(21,5)10-9-22(25)32)20(31)16-18-19-17-27(4,24(33)34)13-12-26(19,3)14-15-29(18,30)6/h16,19,21-23,32H,8-15,17H2,1-7H3,(H,33,34)/t19-,21+,22-,23+,26-,27+,28+,29-,30-/m1/s1. The Morgan fingerprint density at radius 1 is 0.912 bits per heavy atom. The number of rotatable bonds is 1. The summed E-state index contributed by atoms with van der Waals surface area (Å²) < 4.78 is 0. The van der Waals surface area contributed by atoms with Crippen LogP contribution in [-0.4, -0.2) is 28.1 Å². The molecule has 0 spiro atoms. The van der Waals surface area contributed by atoms with Crippen molar-refractivity contribution in [2.24, 2.45) is 50.2 Å². The van der Waals surface area contributed by atoms with Crippen LogP contribution in [-0.2, 0) is 9.59 Å². The van der Waals surface area contributed by atoms with Crippen LogP contribution in [0.15, 0.2) is 11.6 Å². The van der Waals surface area contributed by atoms with Crippen LogP contribution in [0.4, 0.5) is 0 Å². The van der Waals surface area contributed by atoms with E-state index in [4.69, 9.17) is 0 Å². The lowest BCUT2D eigenvalue weighted by Gasteiger charge is -2.70. The van der Waals surface area contributed by atoms with E-state index < -0.39 is 11.4 Å². The fraction of sp³-hybridized carbons (Fsp3) is 0.867. The molecule has 4 fully saturated rings. The van der Waals surface area contributed by atoms with E-state index >= 15 is 0 Å². The molecule has 5 aliphatic rings. The van der Waals surface area contributed by atoms with Gasteiger partial charge >= 0.3 is 5.97 Å². The predicted octanol–water partition coefficient (Wildman–Crippen LogP) is 6.41. The van der Waals surface area contributed by atoms with Crippen LogP contribution in [0.1, 0.15) is 106 Å². The van der Waals surface area contributed by atoms with Crippen molar-refractivity contribution in [3.63, 3.8) is 0 Å². The number of aliphatic carboxylic acids is 1. The number of carbonyl (C=O) groups excluding carboxylic acids is 1. The lowest BCUT2D eigenvalue weighted by molar-refractivity contribution is -0.202. The summed E-state index contributed by atoms with van der Waals surface area (Å²) in [4.78, 5) is 26.4. The van der Waals surface area contributed by atoms with Gasteiger partial charge in [-0.3, -0.25) is 9.59 Å². The van der Waals surface area contributed by atoms with Gasteiger partial charge in [0.1, 0.15) is 0 Å². The summed E-state index contributed by atoms with van der Waals surface area (Å²) in [6, 6.07) is 0. The second-order valence-corrected chi connectivity index (χ2v) is 14.9. The van der Waals surface area contributed by atoms with E-state index in [0.717, 1.165) is 51.4 Å². The van der Waals surface area contributed by atoms with Gasteiger partial charge in [-0.25, -0.2) is 0 Å². The van der Waals surface area contributed by atoms with Gasteiger partial charge in [0, 0.05) is 5.92 Å². The van der Waals surface area contributed by atoms with Gasteiger partial charge in [0.15, 0.2) is 5.78 Å². The third-order valence-corrected chi connectivity index (χ3v) is 13.1. The first kappa shape index (κ1) is 24.5. The van der Waals surface area contributed by atoms with Crippen LogP contribution in [0, 0.1) is 50.2 Å². The van der Waals surface area contributed by atoms with E-state index in [1.807, 2.05) is 13.0 Å². The van der Waals surface area contributed by atoms with E-state index in [0.29, 0.717) is 12.3 Å². The topological polar surface area (TPSA) is 74.6 Å². The van der Waals surface area contributed by atoms with Gasteiger partial charge in [-0.2, -0.15) is 0 Å². The maximum atomic E-state index is 14.2. The molecule has 0 amide bonds. The number of aliphatic hydroxyl groups is 1. The zero-order chi connectivity index (χ0) is 25.1. The highest BCUT2D eigenvalue weighted by atomic mass is 16.4. The highest BCUT2D eigenvalue weighted by molar-refractivity contribution is 5.95. The molecule has 0 saturated heterocycles. The number of fused-ring (bicyclic) bond motifs is 7. The first-order valence-electron chi connectivity index (χ1n) is 13.7. The average molecular weight is 471 g/mol. The average Bonchev–Trinajstić information content (AvgIpc) is 2.73. The van der Waals surface area contributed by atoms with Crippen LogP contribution in [0.25, 0.3) is 0 Å². The van der Waals surface area contributed by atoms with Crippen LogP contribution in [0.2, 0.25) is 0 Å². The smallest absolute Gasteiger partial charge is 0.309 e. The highest BCUT2D eigenvalue weighted by Crippen LogP contribution is 2.75. The SMILES string of the molecule is CC1(C)[C@H](O)CC[C@@]2(C)[C@H]1CC[C@]1(C)[C@H]2C(=O)C=C2[C@H]3C[C@@](C)(C(=O)O)CC[C@]3(C)CC[C@]21C. The minimum atomic E-state index is -0.711. The number of ketones is 1. The van der Waals surface area contributed by atoms with Crippen LogP contribution >= 0.6 is 0 Å². The molecule has 5 rings (SSSR count). The molecule has 0 aromatic heterocycles. The molecule has 0 aliphatic heterocycles. The summed E-state index contributed by atoms with van der Waals surface area (Å²) in [5, 5.41) is 20.9. The Hall–Kier alpha value is -1.16. The molecule has 5 aliphatic carbocycles. The molecule has 4 saturated carbocycles. The Morgan fingerprint density at radius 3 is 2.21 bits per heavy atom. The first-order chi connectivity index (χ1) is 15.6. The summed E-state index contributed by atoms with van der Waals surface area (Å²) in [6.45, 7) is 15.8. The maximum absolute atomic E-state index is 14.2. The quantitative estimate of drug-likeness (QED) is 0.464. The molecule has 0 aromatic rings. The Balaban J connectivity index is 1.62. The van der Waals surface area contributed by atoms with E-state index in [1.165, 1.54) is 5.57 Å². The summed E-state index contributed by atoms with van der Waals surface area (Å²) >= 11 is 0. The zero-order valence-electron chi connectivity index (χ0n) is 22.5. The summed E-state index contributed by atoms with van der Waals surface area (Å²) in [5.41, 5.74) is 0.142. The maximum Gasteiger partial charge on any atom is 0.309 e. The molecule has 0 bridgehead atoms. The van der Waals surface area contributed by atoms with Gasteiger partial charge in [-0.05, 0) is 110 Å². The van der Waals surface area contributed by atoms with Crippen molar-refractivity contribution >= 4 is 11.8 Å². The van der Waals surface area contributed by atoms with Crippen LogP contribution < -0.4 is 0 Å². The Morgan fingerprint density at radius 2 is 1.56 bits per heavy atom. The molecule has 34 heavy (non-hydrogen) atoms. The Kier molecular flexibility index (Phi) is 5.04. The summed E-state index contributed by atoms with van der Waals surface area (Å²) in [6.07, 6.45) is 9.95. The van der Waals surface area contributed by atoms with Gasteiger partial charge in [0.2, 0.25) is 0 Å². The zero-order valence-corrected chi connectivity index (χ0v) is 22.5. The van der Waals surface area contributed by atoms with E-state index in [9.17, 15) is 19.8 Å². The van der Waals surface area contributed by atoms with Gasteiger partial charge in [0.25, 0.3) is 0 Å². The van der Waals surface area contributed by atoms with Crippen molar-refractivity contribution in [1.82, 2.24) is 0 Å². The second-order valence-electron chi connectivity index (χ2n) is 14.9. The largest absolute Gasteiger partial charge is 0.481 e. The monoisotopic (exact) mass is 470 g/mol. The van der Waals surface area contributed by atoms with Crippen molar-refractivity contribution < 1.29 is 19.8 Å². The van der Waals surface area contributed by atoms with Crippen molar-refractivity contribution in [2.45, 2.75) is 112 Å². The van der Waals surface area contributed by atoms with Crippen molar-refractivity contribution in [3.05, 3.63) is 11.6 Å². The molecular weight excluding hydrogens is 424 g/mol. The molecule has 2 N–H and O–H groups in total. The second kappa shape index (κ2) is 6.99. The molecule has 4 nitrogen and oxygen atoms in total. The molecule has 0 heterocycles. The van der Waals surface area contributed by atoms with Gasteiger partial charge in [-0.15, -0.1) is 0 Å².